The molecule has 0 unspecified atom stereocenters. The van der Waals surface area contributed by atoms with Crippen LogP contribution in [0.25, 0.3) is 11.0 Å². The number of hydrogen-bond donors (Lipinski definition) is 2. The van der Waals surface area contributed by atoms with Crippen molar-refractivity contribution in [2.45, 2.75) is 52.9 Å². The van der Waals surface area contributed by atoms with Crippen molar-refractivity contribution in [3.05, 3.63) is 57.0 Å². The molecule has 0 saturated heterocycles. The summed E-state index contributed by atoms with van der Waals surface area (Å²) in [4.78, 5) is 33.0. The first-order valence-corrected chi connectivity index (χ1v) is 10.8. The van der Waals surface area contributed by atoms with E-state index < -0.39 is 0 Å². The number of rotatable bonds is 7. The zero-order chi connectivity index (χ0) is 21.1. The number of nitrogens with zero attached hydrogens (tertiary/aromatic N) is 2. The van der Waals surface area contributed by atoms with Gasteiger partial charge in [-0.05, 0) is 49.4 Å². The van der Waals surface area contributed by atoms with Crippen molar-refractivity contribution in [3.8, 4) is 0 Å². The minimum Gasteiger partial charge on any atom is -0.353 e. The third-order valence-electron chi connectivity index (χ3n) is 4.78. The lowest BCUT2D eigenvalue weighted by Gasteiger charge is -2.14. The van der Waals surface area contributed by atoms with Gasteiger partial charge in [0.15, 0.2) is 5.16 Å². The van der Waals surface area contributed by atoms with Gasteiger partial charge in [-0.1, -0.05) is 43.8 Å². The number of fused-ring (bicyclic) bond motifs is 1. The molecule has 0 aliphatic rings. The van der Waals surface area contributed by atoms with Crippen molar-refractivity contribution >= 4 is 28.7 Å². The number of H-pyrrole nitrogens is 1. The van der Waals surface area contributed by atoms with Crippen LogP contribution in [-0.2, 0) is 17.9 Å². The Morgan fingerprint density at radius 1 is 1.21 bits per heavy atom. The standard InChI is InChI=1S/C22H28N4O2S/c1-13(2)11-26-21(28)20-18(9-16(5)24-20)25-22(26)29-12-19(27)23-10-17-7-6-14(3)15(4)8-17/h6-9,13,24H,10-12H2,1-5H3,(H,23,27). The molecular formula is C22H28N4O2S. The topological polar surface area (TPSA) is 79.8 Å². The molecule has 6 nitrogen and oxygen atoms in total. The third kappa shape index (κ3) is 5.09. The van der Waals surface area contributed by atoms with Crippen LogP contribution in [0.4, 0.5) is 0 Å². The fraction of sp³-hybridized carbons (Fsp3) is 0.409. The molecule has 0 radical (unpaired) electrons. The van der Waals surface area contributed by atoms with Crippen molar-refractivity contribution in [1.29, 1.82) is 0 Å². The maximum absolute atomic E-state index is 12.9. The largest absolute Gasteiger partial charge is 0.353 e. The lowest BCUT2D eigenvalue weighted by atomic mass is 10.1. The maximum Gasteiger partial charge on any atom is 0.278 e. The van der Waals surface area contributed by atoms with Crippen LogP contribution in [0.15, 0.2) is 34.2 Å². The number of aryl methyl sites for hydroxylation is 3. The Labute approximate surface area is 175 Å². The van der Waals surface area contributed by atoms with Gasteiger partial charge in [0.25, 0.3) is 5.56 Å². The van der Waals surface area contributed by atoms with E-state index in [2.05, 4.69) is 55.1 Å². The molecule has 1 aromatic carbocycles. The fourth-order valence-electron chi connectivity index (χ4n) is 3.14. The lowest BCUT2D eigenvalue weighted by molar-refractivity contribution is -0.118. The van der Waals surface area contributed by atoms with Gasteiger partial charge in [0, 0.05) is 18.8 Å². The van der Waals surface area contributed by atoms with Crippen LogP contribution in [0.3, 0.4) is 0 Å². The highest BCUT2D eigenvalue weighted by molar-refractivity contribution is 7.99. The molecule has 3 rings (SSSR count). The van der Waals surface area contributed by atoms with Crippen LogP contribution < -0.4 is 10.9 Å². The molecule has 2 aromatic heterocycles. The SMILES string of the molecule is Cc1cc2nc(SCC(=O)NCc3ccc(C)c(C)c3)n(CC(C)C)c(=O)c2[nH]1. The Hall–Kier alpha value is -2.54. The van der Waals surface area contributed by atoms with Crippen molar-refractivity contribution in [3.63, 3.8) is 0 Å². The average Bonchev–Trinajstić information content (AvgIpc) is 3.04. The van der Waals surface area contributed by atoms with Crippen molar-refractivity contribution in [1.82, 2.24) is 19.9 Å². The molecule has 29 heavy (non-hydrogen) atoms. The van der Waals surface area contributed by atoms with Gasteiger partial charge in [0.2, 0.25) is 5.91 Å². The molecule has 154 valence electrons. The van der Waals surface area contributed by atoms with Crippen molar-refractivity contribution < 1.29 is 4.79 Å². The van der Waals surface area contributed by atoms with Crippen LogP contribution in [0.1, 0.15) is 36.2 Å². The molecule has 0 fully saturated rings. The Morgan fingerprint density at radius 2 is 1.97 bits per heavy atom. The monoisotopic (exact) mass is 412 g/mol. The summed E-state index contributed by atoms with van der Waals surface area (Å²) in [5.41, 5.74) is 5.50. The van der Waals surface area contributed by atoms with Gasteiger partial charge in [-0.15, -0.1) is 0 Å². The molecule has 7 heteroatoms. The van der Waals surface area contributed by atoms with E-state index in [1.165, 1.54) is 22.9 Å². The van der Waals surface area contributed by atoms with E-state index in [0.29, 0.717) is 35.2 Å². The van der Waals surface area contributed by atoms with Crippen molar-refractivity contribution in [2.24, 2.45) is 5.92 Å². The normalized spacial score (nSPS) is 11.4. The highest BCUT2D eigenvalue weighted by Gasteiger charge is 2.15. The molecule has 1 amide bonds. The van der Waals surface area contributed by atoms with Gasteiger partial charge in [-0.3, -0.25) is 14.2 Å². The van der Waals surface area contributed by atoms with Crippen molar-refractivity contribution in [2.75, 3.05) is 5.75 Å². The lowest BCUT2D eigenvalue weighted by Crippen LogP contribution is -2.27. The van der Waals surface area contributed by atoms with Gasteiger partial charge < -0.3 is 10.3 Å². The minimum atomic E-state index is -0.0881. The quantitative estimate of drug-likeness (QED) is 0.458. The van der Waals surface area contributed by atoms with E-state index in [0.717, 1.165) is 11.3 Å². The van der Waals surface area contributed by atoms with E-state index in [1.54, 1.807) is 4.57 Å². The van der Waals surface area contributed by atoms with E-state index in [-0.39, 0.29) is 17.2 Å². The molecule has 0 aliphatic heterocycles. The Balaban J connectivity index is 1.72. The van der Waals surface area contributed by atoms with Gasteiger partial charge in [-0.25, -0.2) is 4.98 Å². The molecule has 0 spiro atoms. The second-order valence-electron chi connectivity index (χ2n) is 7.90. The summed E-state index contributed by atoms with van der Waals surface area (Å²) >= 11 is 1.30. The number of aromatic amines is 1. The van der Waals surface area contributed by atoms with E-state index >= 15 is 0 Å². The fourth-order valence-corrected chi connectivity index (χ4v) is 3.98. The van der Waals surface area contributed by atoms with E-state index in [1.807, 2.05) is 19.1 Å². The van der Waals surface area contributed by atoms with Gasteiger partial charge in [-0.2, -0.15) is 0 Å². The zero-order valence-corrected chi connectivity index (χ0v) is 18.4. The second-order valence-corrected chi connectivity index (χ2v) is 8.84. The first kappa shape index (κ1) is 21.2. The number of thioether (sulfide) groups is 1. The molecule has 3 aromatic rings. The summed E-state index contributed by atoms with van der Waals surface area (Å²) < 4.78 is 1.67. The summed E-state index contributed by atoms with van der Waals surface area (Å²) in [6, 6.07) is 8.04. The first-order valence-electron chi connectivity index (χ1n) is 9.80. The summed E-state index contributed by atoms with van der Waals surface area (Å²) in [5.74, 6) is 0.425. The second kappa shape index (κ2) is 8.86. The smallest absolute Gasteiger partial charge is 0.278 e. The van der Waals surface area contributed by atoms with Crippen LogP contribution in [-0.4, -0.2) is 26.2 Å². The molecule has 0 aliphatic carbocycles. The van der Waals surface area contributed by atoms with Crippen LogP contribution in [0, 0.1) is 26.7 Å². The maximum atomic E-state index is 12.9. The summed E-state index contributed by atoms with van der Waals surface area (Å²) in [5, 5.41) is 3.53. The number of amides is 1. The van der Waals surface area contributed by atoms with Crippen LogP contribution in [0.5, 0.6) is 0 Å². The number of hydrogen-bond acceptors (Lipinski definition) is 4. The predicted molar refractivity (Wildman–Crippen MR) is 118 cm³/mol. The minimum absolute atomic E-state index is 0.0797. The van der Waals surface area contributed by atoms with E-state index in [4.69, 9.17) is 0 Å². The third-order valence-corrected chi connectivity index (χ3v) is 5.76. The molecule has 0 atom stereocenters. The van der Waals surface area contributed by atoms with Gasteiger partial charge in [0.1, 0.15) is 5.52 Å². The number of aromatic nitrogens is 3. The molecule has 0 saturated carbocycles. The van der Waals surface area contributed by atoms with Gasteiger partial charge >= 0.3 is 0 Å². The average molecular weight is 413 g/mol. The first-order chi connectivity index (χ1) is 13.7. The highest BCUT2D eigenvalue weighted by atomic mass is 32.2. The van der Waals surface area contributed by atoms with Gasteiger partial charge in [0.05, 0.1) is 11.3 Å². The highest BCUT2D eigenvalue weighted by Crippen LogP contribution is 2.19. The van der Waals surface area contributed by atoms with Crippen LogP contribution in [0.2, 0.25) is 0 Å². The number of carbonyl (C=O) groups excluding carboxylic acids is 1. The summed E-state index contributed by atoms with van der Waals surface area (Å²) in [7, 11) is 0. The molecule has 2 N–H and O–H groups in total. The van der Waals surface area contributed by atoms with E-state index in [9.17, 15) is 9.59 Å². The Bertz CT molecular complexity index is 1100. The van der Waals surface area contributed by atoms with Crippen LogP contribution >= 0.6 is 11.8 Å². The molecular weight excluding hydrogens is 384 g/mol. The zero-order valence-electron chi connectivity index (χ0n) is 17.6. The molecule has 2 heterocycles. The summed E-state index contributed by atoms with van der Waals surface area (Å²) in [6.45, 7) is 11.2. The Kier molecular flexibility index (Phi) is 6.47. The molecule has 0 bridgehead atoms. The predicted octanol–water partition coefficient (Wildman–Crippen LogP) is 3.71. The Morgan fingerprint density at radius 3 is 2.66 bits per heavy atom. The number of benzene rings is 1. The number of nitrogens with one attached hydrogen (secondary N) is 2. The number of carbonyl (C=O) groups is 1. The summed E-state index contributed by atoms with van der Waals surface area (Å²) in [6.07, 6.45) is 0.